The van der Waals surface area contributed by atoms with Gasteiger partial charge < -0.3 is 4.42 Å². The highest BCUT2D eigenvalue weighted by atomic mass is 16.4. The van der Waals surface area contributed by atoms with Gasteiger partial charge in [0.15, 0.2) is 12.0 Å². The highest BCUT2D eigenvalue weighted by molar-refractivity contribution is 5.69. The van der Waals surface area contributed by atoms with Crippen LogP contribution in [0.2, 0.25) is 0 Å². The van der Waals surface area contributed by atoms with Gasteiger partial charge in [0.25, 0.3) is 0 Å². The molecule has 1 saturated carbocycles. The third-order valence-corrected chi connectivity index (χ3v) is 2.61. The molecule has 1 aromatic rings. The Balaban J connectivity index is 2.27. The lowest BCUT2D eigenvalue weighted by molar-refractivity contribution is 0.109. The monoisotopic (exact) mass is 165 g/mol. The first-order valence-electron chi connectivity index (χ1n) is 4.16. The number of hydrogen-bond acceptors (Lipinski definition) is 3. The van der Waals surface area contributed by atoms with Crippen molar-refractivity contribution >= 4 is 6.29 Å². The van der Waals surface area contributed by atoms with Crippen LogP contribution in [0.15, 0.2) is 10.6 Å². The predicted molar refractivity (Wildman–Crippen MR) is 43.1 cm³/mol. The summed E-state index contributed by atoms with van der Waals surface area (Å²) < 4.78 is 5.26. The van der Waals surface area contributed by atoms with Gasteiger partial charge in [-0.3, -0.25) is 4.79 Å². The molecule has 1 aliphatic rings. The fraction of sp³-hybridized carbons (Fsp3) is 0.556. The van der Waals surface area contributed by atoms with Crippen molar-refractivity contribution in [3.8, 4) is 0 Å². The van der Waals surface area contributed by atoms with Crippen molar-refractivity contribution < 1.29 is 9.21 Å². The lowest BCUT2D eigenvalue weighted by atomic mass is 9.70. The van der Waals surface area contributed by atoms with Crippen molar-refractivity contribution in [1.82, 2.24) is 4.98 Å². The van der Waals surface area contributed by atoms with Gasteiger partial charge in [-0.2, -0.15) is 0 Å². The van der Waals surface area contributed by atoms with Crippen molar-refractivity contribution in [3.63, 3.8) is 0 Å². The molecule has 3 nitrogen and oxygen atoms in total. The number of carbonyl (C=O) groups excluding carboxylic acids is 1. The molecule has 0 atom stereocenters. The van der Waals surface area contributed by atoms with Gasteiger partial charge in [-0.1, -0.05) is 13.3 Å². The van der Waals surface area contributed by atoms with E-state index in [4.69, 9.17) is 4.42 Å². The number of hydrogen-bond donors (Lipinski definition) is 0. The first-order chi connectivity index (χ1) is 5.74. The van der Waals surface area contributed by atoms with Crippen LogP contribution in [0.4, 0.5) is 0 Å². The summed E-state index contributed by atoms with van der Waals surface area (Å²) in [5, 5.41) is 0. The molecule has 3 heteroatoms. The molecule has 0 radical (unpaired) electrons. The molecule has 1 aromatic heterocycles. The van der Waals surface area contributed by atoms with Gasteiger partial charge >= 0.3 is 0 Å². The standard InChI is InChI=1S/C9H11NO2/c1-9(3-2-4-9)8-10-5-7(6-11)12-8/h5-6H,2-4H2,1H3. The molecule has 12 heavy (non-hydrogen) atoms. The van der Waals surface area contributed by atoms with Crippen LogP contribution in [0.1, 0.15) is 42.6 Å². The normalized spacial score (nSPS) is 20.1. The van der Waals surface area contributed by atoms with Crippen LogP contribution in [-0.2, 0) is 5.41 Å². The summed E-state index contributed by atoms with van der Waals surface area (Å²) in [4.78, 5) is 14.4. The minimum atomic E-state index is 0.0985. The van der Waals surface area contributed by atoms with Crippen molar-refractivity contribution in [2.75, 3.05) is 0 Å². The van der Waals surface area contributed by atoms with Crippen LogP contribution >= 0.6 is 0 Å². The molecular weight excluding hydrogens is 154 g/mol. The SMILES string of the molecule is CC1(c2ncc(C=O)o2)CCC1. The van der Waals surface area contributed by atoms with E-state index in [0.717, 1.165) is 18.7 Å². The smallest absolute Gasteiger partial charge is 0.200 e. The summed E-state index contributed by atoms with van der Waals surface area (Å²) in [5.74, 6) is 1.05. The van der Waals surface area contributed by atoms with Gasteiger partial charge in [0.05, 0.1) is 6.20 Å². The topological polar surface area (TPSA) is 43.1 Å². The molecular formula is C9H11NO2. The van der Waals surface area contributed by atoms with Crippen molar-refractivity contribution in [1.29, 1.82) is 0 Å². The summed E-state index contributed by atoms with van der Waals surface area (Å²) in [6.07, 6.45) is 5.65. The van der Waals surface area contributed by atoms with Gasteiger partial charge in [-0.25, -0.2) is 4.98 Å². The van der Waals surface area contributed by atoms with E-state index in [9.17, 15) is 4.79 Å². The number of nitrogens with zero attached hydrogens (tertiary/aromatic N) is 1. The zero-order valence-electron chi connectivity index (χ0n) is 7.04. The van der Waals surface area contributed by atoms with Crippen molar-refractivity contribution in [2.45, 2.75) is 31.6 Å². The Morgan fingerprint density at radius 1 is 1.67 bits per heavy atom. The van der Waals surface area contributed by atoms with Gasteiger partial charge in [-0.15, -0.1) is 0 Å². The number of carbonyl (C=O) groups is 1. The Labute approximate surface area is 70.8 Å². The molecule has 1 fully saturated rings. The second-order valence-corrected chi connectivity index (χ2v) is 3.60. The van der Waals surface area contributed by atoms with Crippen LogP contribution in [0.5, 0.6) is 0 Å². The molecule has 0 aromatic carbocycles. The maximum Gasteiger partial charge on any atom is 0.200 e. The second-order valence-electron chi connectivity index (χ2n) is 3.60. The van der Waals surface area contributed by atoms with E-state index in [1.807, 2.05) is 0 Å². The van der Waals surface area contributed by atoms with E-state index in [1.165, 1.54) is 12.6 Å². The molecule has 0 spiro atoms. The lowest BCUT2D eigenvalue weighted by Gasteiger charge is -2.34. The van der Waals surface area contributed by atoms with E-state index in [1.54, 1.807) is 0 Å². The van der Waals surface area contributed by atoms with Crippen LogP contribution in [-0.4, -0.2) is 11.3 Å². The van der Waals surface area contributed by atoms with Gasteiger partial charge in [0.1, 0.15) is 0 Å². The van der Waals surface area contributed by atoms with Crippen LogP contribution < -0.4 is 0 Å². The molecule has 0 unspecified atom stereocenters. The Morgan fingerprint density at radius 3 is 2.83 bits per heavy atom. The van der Waals surface area contributed by atoms with Crippen LogP contribution in [0.3, 0.4) is 0 Å². The van der Waals surface area contributed by atoms with E-state index in [0.29, 0.717) is 12.0 Å². The molecule has 2 rings (SSSR count). The molecule has 1 heterocycles. The van der Waals surface area contributed by atoms with E-state index in [-0.39, 0.29) is 5.41 Å². The first-order valence-corrected chi connectivity index (χ1v) is 4.16. The number of rotatable bonds is 2. The van der Waals surface area contributed by atoms with E-state index >= 15 is 0 Å². The van der Waals surface area contributed by atoms with E-state index in [2.05, 4.69) is 11.9 Å². The maximum atomic E-state index is 10.3. The van der Waals surface area contributed by atoms with E-state index < -0.39 is 0 Å². The largest absolute Gasteiger partial charge is 0.437 e. The minimum Gasteiger partial charge on any atom is -0.437 e. The number of oxazole rings is 1. The Bertz CT molecular complexity index is 299. The summed E-state index contributed by atoms with van der Waals surface area (Å²) in [7, 11) is 0. The molecule has 0 aliphatic heterocycles. The zero-order valence-corrected chi connectivity index (χ0v) is 7.04. The highest BCUT2D eigenvalue weighted by Gasteiger charge is 2.37. The summed E-state index contributed by atoms with van der Waals surface area (Å²) in [6.45, 7) is 2.12. The molecule has 1 aliphatic carbocycles. The molecule has 64 valence electrons. The number of aldehydes is 1. The van der Waals surface area contributed by atoms with Crippen LogP contribution in [0, 0.1) is 0 Å². The third kappa shape index (κ3) is 0.967. The van der Waals surface area contributed by atoms with Gasteiger partial charge in [0.2, 0.25) is 5.89 Å². The van der Waals surface area contributed by atoms with Crippen molar-refractivity contribution in [2.24, 2.45) is 0 Å². The Kier molecular flexibility index (Phi) is 1.53. The predicted octanol–water partition coefficient (Wildman–Crippen LogP) is 1.93. The summed E-state index contributed by atoms with van der Waals surface area (Å²) >= 11 is 0. The summed E-state index contributed by atoms with van der Waals surface area (Å²) in [5.41, 5.74) is 0.0985. The van der Waals surface area contributed by atoms with Crippen LogP contribution in [0.25, 0.3) is 0 Å². The highest BCUT2D eigenvalue weighted by Crippen LogP contribution is 2.42. The maximum absolute atomic E-state index is 10.3. The fourth-order valence-corrected chi connectivity index (χ4v) is 1.54. The number of aromatic nitrogens is 1. The first kappa shape index (κ1) is 7.53. The Hall–Kier alpha value is -1.12. The lowest BCUT2D eigenvalue weighted by Crippen LogP contribution is -2.30. The minimum absolute atomic E-state index is 0.0985. The Morgan fingerprint density at radius 2 is 2.42 bits per heavy atom. The summed E-state index contributed by atoms with van der Waals surface area (Å²) in [6, 6.07) is 0. The van der Waals surface area contributed by atoms with Crippen molar-refractivity contribution in [3.05, 3.63) is 17.8 Å². The average Bonchev–Trinajstić information content (AvgIpc) is 2.48. The average molecular weight is 165 g/mol. The molecule has 0 saturated heterocycles. The van der Waals surface area contributed by atoms with Gasteiger partial charge in [0, 0.05) is 5.41 Å². The molecule has 0 N–H and O–H groups in total. The second kappa shape index (κ2) is 2.44. The van der Waals surface area contributed by atoms with Gasteiger partial charge in [-0.05, 0) is 12.8 Å². The quantitative estimate of drug-likeness (QED) is 0.629. The third-order valence-electron chi connectivity index (χ3n) is 2.61. The molecule has 0 bridgehead atoms. The molecule has 0 amide bonds. The zero-order chi connectivity index (χ0) is 8.60. The fourth-order valence-electron chi connectivity index (χ4n) is 1.54.